The third-order valence-corrected chi connectivity index (χ3v) is 4.96. The topological polar surface area (TPSA) is 98.0 Å². The first-order valence-electron chi connectivity index (χ1n) is 5.57. The number of sulfonamides is 1. The summed E-state index contributed by atoms with van der Waals surface area (Å²) in [6, 6.07) is -0.100. The van der Waals surface area contributed by atoms with Gasteiger partial charge in [0.1, 0.15) is 0 Å². The van der Waals surface area contributed by atoms with Crippen molar-refractivity contribution in [2.75, 3.05) is 5.73 Å². The van der Waals surface area contributed by atoms with Gasteiger partial charge in [0.05, 0.1) is 0 Å². The Hall–Kier alpha value is -0.730. The van der Waals surface area contributed by atoms with Crippen LogP contribution in [0, 0.1) is 0 Å². The molecular formula is C9H18N4O2S2. The number of aromatic nitrogens is 2. The minimum absolute atomic E-state index is 0.0719. The van der Waals surface area contributed by atoms with Gasteiger partial charge in [0.25, 0.3) is 10.0 Å². The number of nitrogens with two attached hydrogens (primary N) is 1. The third-order valence-electron chi connectivity index (χ3n) is 2.25. The van der Waals surface area contributed by atoms with Gasteiger partial charge in [-0.25, -0.2) is 13.1 Å². The Kier molecular flexibility index (Phi) is 5.29. The fourth-order valence-corrected chi connectivity index (χ4v) is 3.48. The van der Waals surface area contributed by atoms with Crippen LogP contribution in [0.4, 0.5) is 5.13 Å². The lowest BCUT2D eigenvalue weighted by molar-refractivity contribution is 0.526. The Morgan fingerprint density at radius 2 is 2.12 bits per heavy atom. The van der Waals surface area contributed by atoms with E-state index in [2.05, 4.69) is 21.8 Å². The van der Waals surface area contributed by atoms with Crippen molar-refractivity contribution in [3.05, 3.63) is 0 Å². The highest BCUT2D eigenvalue weighted by Crippen LogP contribution is 2.17. The molecule has 0 amide bonds. The second-order valence-electron chi connectivity index (χ2n) is 3.92. The highest BCUT2D eigenvalue weighted by Gasteiger charge is 2.21. The maximum atomic E-state index is 11.8. The van der Waals surface area contributed by atoms with Crippen molar-refractivity contribution in [1.82, 2.24) is 14.9 Å². The van der Waals surface area contributed by atoms with E-state index in [0.29, 0.717) is 0 Å². The van der Waals surface area contributed by atoms with Crippen LogP contribution >= 0.6 is 11.3 Å². The Balaban J connectivity index is 2.55. The number of hydrogen-bond acceptors (Lipinski definition) is 6. The maximum Gasteiger partial charge on any atom is 0.270 e. The molecule has 1 heterocycles. The van der Waals surface area contributed by atoms with E-state index in [-0.39, 0.29) is 15.5 Å². The van der Waals surface area contributed by atoms with E-state index < -0.39 is 10.0 Å². The highest BCUT2D eigenvalue weighted by molar-refractivity contribution is 7.91. The number of hydrogen-bond donors (Lipinski definition) is 2. The summed E-state index contributed by atoms with van der Waals surface area (Å²) in [6.07, 6.45) is 4.06. The summed E-state index contributed by atoms with van der Waals surface area (Å²) in [5, 5.41) is 7.18. The fraction of sp³-hybridized carbons (Fsp3) is 0.778. The molecule has 0 aliphatic carbocycles. The van der Waals surface area contributed by atoms with E-state index in [4.69, 9.17) is 5.73 Å². The van der Waals surface area contributed by atoms with E-state index in [1.54, 1.807) is 0 Å². The van der Waals surface area contributed by atoms with Crippen LogP contribution in [-0.2, 0) is 10.0 Å². The van der Waals surface area contributed by atoms with Crippen LogP contribution in [0.2, 0.25) is 0 Å². The highest BCUT2D eigenvalue weighted by atomic mass is 32.2. The second-order valence-corrected chi connectivity index (χ2v) is 6.82. The van der Waals surface area contributed by atoms with Crippen molar-refractivity contribution in [3.8, 4) is 0 Å². The molecule has 0 radical (unpaired) electrons. The van der Waals surface area contributed by atoms with Gasteiger partial charge in [0, 0.05) is 6.04 Å². The molecule has 0 bridgehead atoms. The van der Waals surface area contributed by atoms with Crippen molar-refractivity contribution in [2.45, 2.75) is 49.9 Å². The quantitative estimate of drug-likeness (QED) is 0.734. The summed E-state index contributed by atoms with van der Waals surface area (Å²) in [5.74, 6) is 0. The zero-order valence-corrected chi connectivity index (χ0v) is 11.6. The lowest BCUT2D eigenvalue weighted by atomic mass is 10.1. The van der Waals surface area contributed by atoms with Gasteiger partial charge in [0.2, 0.25) is 9.47 Å². The molecule has 1 aromatic rings. The Labute approximate surface area is 106 Å². The van der Waals surface area contributed by atoms with Gasteiger partial charge in [-0.05, 0) is 13.3 Å². The van der Waals surface area contributed by atoms with Crippen LogP contribution in [0.25, 0.3) is 0 Å². The van der Waals surface area contributed by atoms with Crippen LogP contribution < -0.4 is 10.5 Å². The molecule has 17 heavy (non-hydrogen) atoms. The summed E-state index contributed by atoms with van der Waals surface area (Å²) in [5.41, 5.74) is 5.36. The number of nitrogen functional groups attached to an aromatic ring is 1. The van der Waals surface area contributed by atoms with Crippen molar-refractivity contribution < 1.29 is 8.42 Å². The first-order chi connectivity index (χ1) is 7.95. The van der Waals surface area contributed by atoms with Crippen molar-refractivity contribution >= 4 is 26.5 Å². The molecule has 0 aromatic carbocycles. The van der Waals surface area contributed by atoms with E-state index in [1.165, 1.54) is 0 Å². The zero-order valence-electron chi connectivity index (χ0n) is 10.0. The predicted molar refractivity (Wildman–Crippen MR) is 68.2 cm³/mol. The molecule has 1 unspecified atom stereocenters. The molecule has 0 saturated heterocycles. The van der Waals surface area contributed by atoms with E-state index in [1.807, 2.05) is 6.92 Å². The molecule has 98 valence electrons. The Morgan fingerprint density at radius 3 is 2.65 bits per heavy atom. The van der Waals surface area contributed by atoms with E-state index in [0.717, 1.165) is 37.0 Å². The Bertz CT molecular complexity index is 444. The second kappa shape index (κ2) is 6.27. The van der Waals surface area contributed by atoms with Gasteiger partial charge in [-0.15, -0.1) is 10.2 Å². The average Bonchev–Trinajstić information content (AvgIpc) is 2.65. The number of nitrogens with zero attached hydrogens (tertiary/aromatic N) is 2. The molecule has 1 rings (SSSR count). The van der Waals surface area contributed by atoms with Gasteiger partial charge in [-0.2, -0.15) is 0 Å². The molecule has 1 aromatic heterocycles. The normalized spacial score (nSPS) is 13.8. The smallest absolute Gasteiger partial charge is 0.270 e. The van der Waals surface area contributed by atoms with Crippen LogP contribution in [0.3, 0.4) is 0 Å². The van der Waals surface area contributed by atoms with E-state index >= 15 is 0 Å². The molecule has 0 aliphatic rings. The lowest BCUT2D eigenvalue weighted by Crippen LogP contribution is -2.32. The number of unbranched alkanes of at least 4 members (excludes halogenated alkanes) is 2. The van der Waals surface area contributed by atoms with Gasteiger partial charge in [-0.3, -0.25) is 0 Å². The van der Waals surface area contributed by atoms with Crippen molar-refractivity contribution in [1.29, 1.82) is 0 Å². The first kappa shape index (κ1) is 14.3. The predicted octanol–water partition coefficient (Wildman–Crippen LogP) is 1.37. The van der Waals surface area contributed by atoms with Crippen LogP contribution in [0.15, 0.2) is 4.34 Å². The SMILES string of the molecule is CCCCCC(C)NS(=O)(=O)c1nnc(N)s1. The van der Waals surface area contributed by atoms with Crippen LogP contribution in [-0.4, -0.2) is 24.7 Å². The molecule has 0 aliphatic heterocycles. The van der Waals surface area contributed by atoms with Gasteiger partial charge >= 0.3 is 0 Å². The average molecular weight is 278 g/mol. The summed E-state index contributed by atoms with van der Waals surface area (Å²) < 4.78 is 26.2. The van der Waals surface area contributed by atoms with Gasteiger partial charge < -0.3 is 5.73 Å². The summed E-state index contributed by atoms with van der Waals surface area (Å²) in [4.78, 5) is 0. The standard InChI is InChI=1S/C9H18N4O2S2/c1-3-4-5-6-7(2)13-17(14,15)9-12-11-8(10)16-9/h7,13H,3-6H2,1-2H3,(H2,10,11). The van der Waals surface area contributed by atoms with Crippen LogP contribution in [0.1, 0.15) is 39.5 Å². The molecule has 8 heteroatoms. The molecule has 0 fully saturated rings. The minimum Gasteiger partial charge on any atom is -0.374 e. The monoisotopic (exact) mass is 278 g/mol. The zero-order chi connectivity index (χ0) is 12.9. The number of nitrogens with one attached hydrogen (secondary N) is 1. The molecular weight excluding hydrogens is 260 g/mol. The molecule has 0 spiro atoms. The molecule has 3 N–H and O–H groups in total. The molecule has 0 saturated carbocycles. The van der Waals surface area contributed by atoms with Gasteiger partial charge in [-0.1, -0.05) is 37.5 Å². The molecule has 6 nitrogen and oxygen atoms in total. The molecule has 1 atom stereocenters. The van der Waals surface area contributed by atoms with Crippen LogP contribution in [0.5, 0.6) is 0 Å². The van der Waals surface area contributed by atoms with E-state index in [9.17, 15) is 8.42 Å². The summed E-state index contributed by atoms with van der Waals surface area (Å²) in [7, 11) is -3.56. The summed E-state index contributed by atoms with van der Waals surface area (Å²) in [6.45, 7) is 3.95. The number of anilines is 1. The van der Waals surface area contributed by atoms with Gasteiger partial charge in [0.15, 0.2) is 0 Å². The lowest BCUT2D eigenvalue weighted by Gasteiger charge is -2.11. The Morgan fingerprint density at radius 1 is 1.41 bits per heavy atom. The first-order valence-corrected chi connectivity index (χ1v) is 7.87. The summed E-state index contributed by atoms with van der Waals surface area (Å²) >= 11 is 0.870. The van der Waals surface area contributed by atoms with Crippen molar-refractivity contribution in [3.63, 3.8) is 0 Å². The fourth-order valence-electron chi connectivity index (χ4n) is 1.40. The largest absolute Gasteiger partial charge is 0.374 e. The van der Waals surface area contributed by atoms with Crippen molar-refractivity contribution in [2.24, 2.45) is 0 Å². The maximum absolute atomic E-state index is 11.8. The number of rotatable bonds is 7. The minimum atomic E-state index is -3.56. The third kappa shape index (κ3) is 4.57.